The summed E-state index contributed by atoms with van der Waals surface area (Å²) in [6, 6.07) is 8.29. The van der Waals surface area contributed by atoms with Gasteiger partial charge < -0.3 is 11.1 Å². The number of pyridine rings is 1. The minimum absolute atomic E-state index is 0.221. The number of nitrogens with one attached hydrogen (secondary N) is 1. The Balaban J connectivity index is 1.81. The smallest absolute Gasteiger partial charge is 0.327 e. The first-order chi connectivity index (χ1) is 17.1. The van der Waals surface area contributed by atoms with Crippen molar-refractivity contribution in [2.24, 2.45) is 11.5 Å². The van der Waals surface area contributed by atoms with Crippen molar-refractivity contribution in [3.05, 3.63) is 108 Å². The first kappa shape index (κ1) is 24.7. The summed E-state index contributed by atoms with van der Waals surface area (Å²) >= 11 is 0. The quantitative estimate of drug-likeness (QED) is 0.185. The Morgan fingerprint density at radius 1 is 1.14 bits per heavy atom. The van der Waals surface area contributed by atoms with Crippen molar-refractivity contribution >= 4 is 22.8 Å². The molecular formula is C26H21F4N5O. The molecule has 4 aromatic rings. The van der Waals surface area contributed by atoms with Crippen LogP contribution in [-0.4, -0.2) is 15.3 Å². The van der Waals surface area contributed by atoms with Gasteiger partial charge in [-0.25, -0.2) is 13.8 Å². The third-order valence-corrected chi connectivity index (χ3v) is 5.49. The van der Waals surface area contributed by atoms with Gasteiger partial charge in [-0.05, 0) is 66.6 Å². The zero-order valence-electron chi connectivity index (χ0n) is 19.0. The number of hydrogen-bond acceptors (Lipinski definition) is 4. The highest BCUT2D eigenvalue weighted by Crippen LogP contribution is 2.32. The van der Waals surface area contributed by atoms with Gasteiger partial charge in [-0.15, -0.1) is 0 Å². The van der Waals surface area contributed by atoms with Gasteiger partial charge in [0.15, 0.2) is 0 Å². The van der Waals surface area contributed by atoms with E-state index in [2.05, 4.69) is 10.3 Å². The van der Waals surface area contributed by atoms with E-state index in [9.17, 15) is 22.4 Å². The number of halogens is 4. The first-order valence-electron chi connectivity index (χ1n) is 10.7. The minimum Gasteiger partial charge on any atom is -0.402 e. The predicted molar refractivity (Wildman–Crippen MR) is 130 cm³/mol. The number of allylic oxidation sites excluding steroid dienone is 3. The molecule has 0 radical (unpaired) electrons. The summed E-state index contributed by atoms with van der Waals surface area (Å²) in [5.74, 6) is -1.97. The summed E-state index contributed by atoms with van der Waals surface area (Å²) in [6.07, 6.45) is 5.35. The highest BCUT2D eigenvalue weighted by Gasteiger charge is 2.31. The van der Waals surface area contributed by atoms with E-state index in [4.69, 9.17) is 11.5 Å². The number of anilines is 1. The highest BCUT2D eigenvalue weighted by molar-refractivity contribution is 6.06. The fraction of sp³-hybridized carbons (Fsp3) is 0.0769. The zero-order chi connectivity index (χ0) is 26.0. The van der Waals surface area contributed by atoms with E-state index in [1.807, 2.05) is 0 Å². The van der Waals surface area contributed by atoms with Crippen molar-refractivity contribution in [2.45, 2.75) is 13.0 Å². The molecule has 184 valence electrons. The third-order valence-electron chi connectivity index (χ3n) is 5.49. The van der Waals surface area contributed by atoms with Gasteiger partial charge in [0.25, 0.3) is 5.91 Å². The number of carbonyl (C=O) groups is 1. The van der Waals surface area contributed by atoms with Gasteiger partial charge in [0.2, 0.25) is 0 Å². The third kappa shape index (κ3) is 4.98. The number of amides is 1. The summed E-state index contributed by atoms with van der Waals surface area (Å²) in [6.45, 7) is 1.69. The second-order valence-electron chi connectivity index (χ2n) is 7.98. The van der Waals surface area contributed by atoms with Crippen molar-refractivity contribution in [3.63, 3.8) is 0 Å². The second-order valence-corrected chi connectivity index (χ2v) is 7.98. The average molecular weight is 495 g/mol. The fourth-order valence-electron chi connectivity index (χ4n) is 3.78. The number of hydrogen-bond donors (Lipinski definition) is 3. The molecule has 0 aliphatic rings. The lowest BCUT2D eigenvalue weighted by molar-refractivity contribution is 0.00218. The average Bonchev–Trinajstić information content (AvgIpc) is 3.29. The minimum atomic E-state index is -3.79. The number of nitrogens with two attached hydrogens (primary N) is 2. The Bertz CT molecular complexity index is 1500. The number of rotatable bonds is 6. The largest absolute Gasteiger partial charge is 0.402 e. The van der Waals surface area contributed by atoms with Crippen molar-refractivity contribution in [1.82, 2.24) is 9.38 Å². The molecule has 2 heterocycles. The second kappa shape index (κ2) is 9.67. The van der Waals surface area contributed by atoms with Crippen LogP contribution in [0, 0.1) is 5.82 Å². The van der Waals surface area contributed by atoms with Gasteiger partial charge in [-0.2, -0.15) is 8.78 Å². The zero-order valence-corrected chi connectivity index (χ0v) is 19.0. The first-order valence-corrected chi connectivity index (χ1v) is 10.7. The molecule has 0 atom stereocenters. The van der Waals surface area contributed by atoms with Gasteiger partial charge in [0.05, 0.1) is 17.5 Å². The monoisotopic (exact) mass is 495 g/mol. The van der Waals surface area contributed by atoms with Crippen LogP contribution in [0.25, 0.3) is 22.3 Å². The molecule has 0 fully saturated rings. The maximum Gasteiger partial charge on any atom is 0.327 e. The molecular weight excluding hydrogens is 474 g/mol. The van der Waals surface area contributed by atoms with Crippen LogP contribution in [-0.2, 0) is 6.05 Å². The molecule has 10 heteroatoms. The van der Waals surface area contributed by atoms with Crippen LogP contribution in [0.5, 0.6) is 0 Å². The van der Waals surface area contributed by atoms with E-state index in [-0.39, 0.29) is 11.3 Å². The van der Waals surface area contributed by atoms with Crippen molar-refractivity contribution < 1.29 is 22.4 Å². The van der Waals surface area contributed by atoms with Crippen LogP contribution >= 0.6 is 0 Å². The Morgan fingerprint density at radius 3 is 2.53 bits per heavy atom. The molecule has 2 aromatic heterocycles. The number of carbonyl (C=O) groups excluding carboxylic acids is 1. The van der Waals surface area contributed by atoms with Crippen LogP contribution in [0.4, 0.5) is 23.2 Å². The fourth-order valence-corrected chi connectivity index (χ4v) is 3.78. The van der Waals surface area contributed by atoms with E-state index < -0.39 is 29.2 Å². The molecule has 36 heavy (non-hydrogen) atoms. The number of aromatic nitrogens is 2. The van der Waals surface area contributed by atoms with Crippen LogP contribution in [0.1, 0.15) is 28.5 Å². The maximum atomic E-state index is 14.2. The van der Waals surface area contributed by atoms with Gasteiger partial charge in [-0.1, -0.05) is 12.1 Å². The highest BCUT2D eigenvalue weighted by atomic mass is 19.3. The standard InChI is InChI=1S/C26H21F4N5O/c1-15(11-18(28)13-31)23-14-33-24-20(3-2-10-35(23)24)16-4-9-22(26(29,30)32)21(12-16)25(36)34-19-7-5-17(27)6-8-19/h2-14H,31-32H2,1H3,(H,34,36)/b15-11+,18-13+. The molecule has 4 rings (SSSR count). The van der Waals surface area contributed by atoms with E-state index >= 15 is 0 Å². The summed E-state index contributed by atoms with van der Waals surface area (Å²) in [5.41, 5.74) is 12.0. The molecule has 0 saturated heterocycles. The summed E-state index contributed by atoms with van der Waals surface area (Å²) < 4.78 is 56.9. The van der Waals surface area contributed by atoms with Crippen LogP contribution in [0.15, 0.2) is 85.1 Å². The summed E-state index contributed by atoms with van der Waals surface area (Å²) in [5, 5.41) is 2.48. The Labute approximate surface area is 203 Å². The Morgan fingerprint density at radius 2 is 1.86 bits per heavy atom. The van der Waals surface area contributed by atoms with Crippen LogP contribution in [0.2, 0.25) is 0 Å². The van der Waals surface area contributed by atoms with E-state index in [1.54, 1.807) is 35.9 Å². The number of nitrogens with zero attached hydrogens (tertiary/aromatic N) is 2. The molecule has 0 spiro atoms. The van der Waals surface area contributed by atoms with E-state index in [0.29, 0.717) is 28.0 Å². The van der Waals surface area contributed by atoms with Gasteiger partial charge in [0.1, 0.15) is 17.3 Å². The summed E-state index contributed by atoms with van der Waals surface area (Å²) in [4.78, 5) is 17.4. The SMILES string of the molecule is C/C(=C\C(F)=C/N)c1cnc2c(-c3ccc(C(N)(F)F)c(C(=O)Nc4ccc(F)cc4)c3)cccn12. The summed E-state index contributed by atoms with van der Waals surface area (Å²) in [7, 11) is 0. The predicted octanol–water partition coefficient (Wildman–Crippen LogP) is 5.57. The van der Waals surface area contributed by atoms with Gasteiger partial charge in [0, 0.05) is 29.2 Å². The molecule has 0 bridgehead atoms. The van der Waals surface area contributed by atoms with E-state index in [0.717, 1.165) is 24.4 Å². The molecule has 0 unspecified atom stereocenters. The normalized spacial score (nSPS) is 12.7. The Hall–Kier alpha value is -4.44. The molecule has 1 amide bonds. The molecule has 0 aliphatic carbocycles. The van der Waals surface area contributed by atoms with E-state index in [1.165, 1.54) is 30.3 Å². The Kier molecular flexibility index (Phi) is 6.63. The lowest BCUT2D eigenvalue weighted by Gasteiger charge is -2.17. The van der Waals surface area contributed by atoms with Crippen LogP contribution in [0.3, 0.4) is 0 Å². The lowest BCUT2D eigenvalue weighted by atomic mass is 9.98. The number of alkyl halides is 2. The van der Waals surface area contributed by atoms with Gasteiger partial charge >= 0.3 is 6.05 Å². The topological polar surface area (TPSA) is 98.4 Å². The maximum absolute atomic E-state index is 14.2. The number of benzene rings is 2. The van der Waals surface area contributed by atoms with Crippen molar-refractivity contribution in [2.75, 3.05) is 5.32 Å². The number of fused-ring (bicyclic) bond motifs is 1. The van der Waals surface area contributed by atoms with Crippen molar-refractivity contribution in [3.8, 4) is 11.1 Å². The molecule has 2 aromatic carbocycles. The molecule has 6 nitrogen and oxygen atoms in total. The molecule has 0 aliphatic heterocycles. The molecule has 5 N–H and O–H groups in total. The van der Waals surface area contributed by atoms with Gasteiger partial charge in [-0.3, -0.25) is 14.9 Å². The lowest BCUT2D eigenvalue weighted by Crippen LogP contribution is -2.29. The molecule has 0 saturated carbocycles. The number of imidazole rings is 1. The van der Waals surface area contributed by atoms with Crippen LogP contribution < -0.4 is 16.8 Å². The van der Waals surface area contributed by atoms with Crippen molar-refractivity contribution in [1.29, 1.82) is 0 Å².